The van der Waals surface area contributed by atoms with Gasteiger partial charge in [-0.05, 0) is 48.0 Å². The van der Waals surface area contributed by atoms with Crippen molar-refractivity contribution in [1.82, 2.24) is 15.3 Å². The maximum atomic E-state index is 13.0. The molecule has 29 heavy (non-hydrogen) atoms. The van der Waals surface area contributed by atoms with Crippen LogP contribution in [-0.4, -0.2) is 23.0 Å². The Morgan fingerprint density at radius 3 is 2.52 bits per heavy atom. The summed E-state index contributed by atoms with van der Waals surface area (Å²) in [7, 11) is 1.55. The third-order valence-electron chi connectivity index (χ3n) is 4.43. The van der Waals surface area contributed by atoms with Crippen molar-refractivity contribution in [1.29, 1.82) is 0 Å². The van der Waals surface area contributed by atoms with Crippen molar-refractivity contribution in [2.24, 2.45) is 0 Å². The lowest BCUT2D eigenvalue weighted by Crippen LogP contribution is -2.23. The van der Waals surface area contributed by atoms with Crippen molar-refractivity contribution in [2.45, 2.75) is 0 Å². The van der Waals surface area contributed by atoms with Gasteiger partial charge in [-0.25, -0.2) is 4.98 Å². The van der Waals surface area contributed by atoms with Crippen LogP contribution >= 0.6 is 15.9 Å². The van der Waals surface area contributed by atoms with Crippen LogP contribution in [-0.2, 0) is 0 Å². The number of nitrogens with one attached hydrogen (secondary N) is 2. The number of methoxy groups -OCH3 is 1. The quantitative estimate of drug-likeness (QED) is 0.438. The third kappa shape index (κ3) is 4.22. The van der Waals surface area contributed by atoms with Gasteiger partial charge in [0, 0.05) is 4.47 Å². The molecule has 0 bridgehead atoms. The first-order valence-electron chi connectivity index (χ1n) is 9.01. The summed E-state index contributed by atoms with van der Waals surface area (Å²) in [4.78, 5) is 20.9. The van der Waals surface area contributed by atoms with Crippen molar-refractivity contribution in [3.05, 3.63) is 94.2 Å². The van der Waals surface area contributed by atoms with E-state index in [1.807, 2.05) is 60.7 Å². The second-order valence-electron chi connectivity index (χ2n) is 6.37. The minimum atomic E-state index is -0.272. The standard InChI is InChI=1S/C23H18BrN3O2/c1-29-21-9-5-2-6-17(21)23(28)27-20(14-15-10-12-16(24)13-11-15)22-25-18-7-3-4-8-19(18)26-22/h2-14H,1H3,(H,25,26)(H,27,28)/b20-14-. The number of amides is 1. The Bertz CT molecular complexity index is 1160. The van der Waals surface area contributed by atoms with Crippen LogP contribution in [0.4, 0.5) is 0 Å². The van der Waals surface area contributed by atoms with Crippen molar-refractivity contribution >= 4 is 44.6 Å². The lowest BCUT2D eigenvalue weighted by atomic mass is 10.1. The molecular formula is C23H18BrN3O2. The molecule has 6 heteroatoms. The highest BCUT2D eigenvalue weighted by molar-refractivity contribution is 9.10. The minimum absolute atomic E-state index is 0.272. The summed E-state index contributed by atoms with van der Waals surface area (Å²) in [6.45, 7) is 0. The molecule has 0 saturated heterocycles. The zero-order valence-electron chi connectivity index (χ0n) is 15.6. The van der Waals surface area contributed by atoms with Gasteiger partial charge >= 0.3 is 0 Å². The Balaban J connectivity index is 1.75. The maximum Gasteiger partial charge on any atom is 0.259 e. The van der Waals surface area contributed by atoms with Crippen molar-refractivity contribution in [3.63, 3.8) is 0 Å². The van der Waals surface area contributed by atoms with E-state index in [4.69, 9.17) is 4.74 Å². The Labute approximate surface area is 176 Å². The average molecular weight is 448 g/mol. The molecular weight excluding hydrogens is 430 g/mol. The summed E-state index contributed by atoms with van der Waals surface area (Å²) >= 11 is 3.44. The van der Waals surface area contributed by atoms with E-state index in [9.17, 15) is 4.79 Å². The summed E-state index contributed by atoms with van der Waals surface area (Å²) in [6, 6.07) is 22.7. The fourth-order valence-electron chi connectivity index (χ4n) is 2.99. The van der Waals surface area contributed by atoms with Crippen LogP contribution in [0, 0.1) is 0 Å². The third-order valence-corrected chi connectivity index (χ3v) is 4.95. The second-order valence-corrected chi connectivity index (χ2v) is 7.28. The van der Waals surface area contributed by atoms with E-state index in [1.54, 1.807) is 25.3 Å². The number of imidazole rings is 1. The van der Waals surface area contributed by atoms with Gasteiger partial charge in [0.15, 0.2) is 5.82 Å². The summed E-state index contributed by atoms with van der Waals surface area (Å²) in [5.41, 5.74) is 3.68. The number of halogens is 1. The number of hydrogen-bond donors (Lipinski definition) is 2. The minimum Gasteiger partial charge on any atom is -0.496 e. The first kappa shape index (κ1) is 19.0. The van der Waals surface area contributed by atoms with Gasteiger partial charge in [-0.15, -0.1) is 0 Å². The number of H-pyrrole nitrogens is 1. The monoisotopic (exact) mass is 447 g/mol. The Kier molecular flexibility index (Phi) is 5.44. The van der Waals surface area contributed by atoms with Gasteiger partial charge in [-0.3, -0.25) is 4.79 Å². The summed E-state index contributed by atoms with van der Waals surface area (Å²) in [5.74, 6) is 0.821. The molecule has 0 atom stereocenters. The highest BCUT2D eigenvalue weighted by Gasteiger charge is 2.16. The number of carbonyl (C=O) groups excluding carboxylic acids is 1. The Morgan fingerprint density at radius 1 is 1.03 bits per heavy atom. The fourth-order valence-corrected chi connectivity index (χ4v) is 3.26. The molecule has 2 N–H and O–H groups in total. The Morgan fingerprint density at radius 2 is 1.76 bits per heavy atom. The number of hydrogen-bond acceptors (Lipinski definition) is 3. The normalized spacial score (nSPS) is 11.4. The number of ether oxygens (including phenoxy) is 1. The zero-order chi connectivity index (χ0) is 20.2. The molecule has 0 aliphatic heterocycles. The van der Waals surface area contributed by atoms with Crippen LogP contribution in [0.3, 0.4) is 0 Å². The molecule has 0 radical (unpaired) electrons. The lowest BCUT2D eigenvalue weighted by Gasteiger charge is -2.11. The molecule has 1 aromatic heterocycles. The molecule has 0 spiro atoms. The van der Waals surface area contributed by atoms with Gasteiger partial charge in [0.05, 0.1) is 29.4 Å². The van der Waals surface area contributed by atoms with Crippen LogP contribution < -0.4 is 10.1 Å². The van der Waals surface area contributed by atoms with Crippen molar-refractivity contribution in [3.8, 4) is 5.75 Å². The predicted octanol–water partition coefficient (Wildman–Crippen LogP) is 5.26. The largest absolute Gasteiger partial charge is 0.496 e. The number of fused-ring (bicyclic) bond motifs is 1. The molecule has 0 aliphatic carbocycles. The molecule has 1 amide bonds. The summed E-state index contributed by atoms with van der Waals surface area (Å²) in [6.07, 6.45) is 1.89. The van der Waals surface area contributed by atoms with Gasteiger partial charge in [0.1, 0.15) is 5.75 Å². The first-order valence-corrected chi connectivity index (χ1v) is 9.80. The second kappa shape index (κ2) is 8.32. The first-order chi connectivity index (χ1) is 14.1. The molecule has 0 aliphatic rings. The molecule has 3 aromatic carbocycles. The van der Waals surface area contributed by atoms with E-state index in [-0.39, 0.29) is 5.91 Å². The molecule has 4 aromatic rings. The van der Waals surface area contributed by atoms with E-state index < -0.39 is 0 Å². The van der Waals surface area contributed by atoms with E-state index in [0.29, 0.717) is 22.8 Å². The molecule has 144 valence electrons. The maximum absolute atomic E-state index is 13.0. The fraction of sp³-hybridized carbons (Fsp3) is 0.0435. The molecule has 1 heterocycles. The Hall–Kier alpha value is -3.38. The smallest absolute Gasteiger partial charge is 0.259 e. The molecule has 0 saturated carbocycles. The highest BCUT2D eigenvalue weighted by atomic mass is 79.9. The summed E-state index contributed by atoms with van der Waals surface area (Å²) in [5, 5.41) is 2.99. The van der Waals surface area contributed by atoms with Crippen LogP contribution in [0.1, 0.15) is 21.7 Å². The number of aromatic nitrogens is 2. The van der Waals surface area contributed by atoms with E-state index in [2.05, 4.69) is 31.2 Å². The predicted molar refractivity (Wildman–Crippen MR) is 119 cm³/mol. The van der Waals surface area contributed by atoms with Gasteiger partial charge in [-0.2, -0.15) is 0 Å². The number of carbonyl (C=O) groups is 1. The SMILES string of the molecule is COc1ccccc1C(=O)N/C(=C\c1ccc(Br)cc1)c1nc2ccccc2[nH]1. The number of aromatic amines is 1. The van der Waals surface area contributed by atoms with Gasteiger partial charge in [0.25, 0.3) is 5.91 Å². The average Bonchev–Trinajstić information content (AvgIpc) is 3.19. The van der Waals surface area contributed by atoms with E-state index in [0.717, 1.165) is 21.1 Å². The van der Waals surface area contributed by atoms with Crippen molar-refractivity contribution in [2.75, 3.05) is 7.11 Å². The van der Waals surface area contributed by atoms with Crippen molar-refractivity contribution < 1.29 is 9.53 Å². The molecule has 5 nitrogen and oxygen atoms in total. The van der Waals surface area contributed by atoms with Crippen LogP contribution in [0.15, 0.2) is 77.3 Å². The van der Waals surface area contributed by atoms with Gasteiger partial charge < -0.3 is 15.0 Å². The van der Waals surface area contributed by atoms with Crippen LogP contribution in [0.2, 0.25) is 0 Å². The van der Waals surface area contributed by atoms with Gasteiger partial charge in [0.2, 0.25) is 0 Å². The molecule has 0 unspecified atom stereocenters. The number of para-hydroxylation sites is 3. The van der Waals surface area contributed by atoms with Gasteiger partial charge in [-0.1, -0.05) is 52.3 Å². The number of rotatable bonds is 5. The summed E-state index contributed by atoms with van der Waals surface area (Å²) < 4.78 is 6.31. The highest BCUT2D eigenvalue weighted by Crippen LogP contribution is 2.22. The molecule has 4 rings (SSSR count). The number of benzene rings is 3. The van der Waals surface area contributed by atoms with Crippen LogP contribution in [0.25, 0.3) is 22.8 Å². The van der Waals surface area contributed by atoms with E-state index in [1.165, 1.54) is 0 Å². The lowest BCUT2D eigenvalue weighted by molar-refractivity contribution is 0.0970. The topological polar surface area (TPSA) is 67.0 Å². The number of nitrogens with zero attached hydrogens (tertiary/aromatic N) is 1. The zero-order valence-corrected chi connectivity index (χ0v) is 17.2. The molecule has 0 fully saturated rings. The van der Waals surface area contributed by atoms with E-state index >= 15 is 0 Å². The van der Waals surface area contributed by atoms with Crippen LogP contribution in [0.5, 0.6) is 5.75 Å².